The lowest BCUT2D eigenvalue weighted by molar-refractivity contribution is -0.425. The summed E-state index contributed by atoms with van der Waals surface area (Å²) in [7, 11) is 0. The highest BCUT2D eigenvalue weighted by Crippen LogP contribution is 2.38. The Morgan fingerprint density at radius 2 is 1.60 bits per heavy atom. The van der Waals surface area contributed by atoms with E-state index in [2.05, 4.69) is 102 Å². The first-order valence-corrected chi connectivity index (χ1v) is 11.9. The largest absolute Gasteiger partial charge is 0.244 e. The maximum absolute atomic E-state index is 2.53. The van der Waals surface area contributed by atoms with E-state index in [-0.39, 0.29) is 0 Å². The van der Waals surface area contributed by atoms with Gasteiger partial charge in [-0.3, -0.25) is 0 Å². The van der Waals surface area contributed by atoms with Gasteiger partial charge in [0.05, 0.1) is 0 Å². The Kier molecular flexibility index (Phi) is 7.06. The van der Waals surface area contributed by atoms with Crippen molar-refractivity contribution in [1.82, 2.24) is 0 Å². The van der Waals surface area contributed by atoms with E-state index < -0.39 is 0 Å². The molecule has 1 aliphatic rings. The van der Waals surface area contributed by atoms with Crippen LogP contribution in [0.25, 0.3) is 0 Å². The standard InChI is InChI=1S/C28H41N2/c1-9-22(8)25-13-11-12-24(19(3)4)28(25)30-15-14-29(18-30)27-23(10-2)16-21(7)17-26(27)20(5)6/h11-13,16-20,22H,9-10,14-15H2,1-8H3/q+1. The number of para-hydroxylation sites is 1. The molecule has 1 unspecified atom stereocenters. The SMILES string of the molecule is CCc1cc(C)cc(C(C)C)c1[N+]1=CN(c2c(C(C)C)cccc2C(C)CC)CC1. The van der Waals surface area contributed by atoms with Gasteiger partial charge in [-0.1, -0.05) is 84.4 Å². The van der Waals surface area contributed by atoms with Crippen molar-refractivity contribution < 1.29 is 4.58 Å². The second-order valence-corrected chi connectivity index (χ2v) is 9.62. The summed E-state index contributed by atoms with van der Waals surface area (Å²) in [5, 5.41) is 0. The monoisotopic (exact) mass is 405 g/mol. The predicted molar refractivity (Wildman–Crippen MR) is 132 cm³/mol. The second-order valence-electron chi connectivity index (χ2n) is 9.62. The van der Waals surface area contributed by atoms with Crippen LogP contribution in [0.3, 0.4) is 0 Å². The zero-order valence-corrected chi connectivity index (χ0v) is 20.4. The fourth-order valence-electron chi connectivity index (χ4n) is 4.78. The molecule has 30 heavy (non-hydrogen) atoms. The van der Waals surface area contributed by atoms with Crippen molar-refractivity contribution in [2.45, 2.75) is 86.0 Å². The van der Waals surface area contributed by atoms with E-state index in [1.807, 2.05) is 0 Å². The molecule has 0 spiro atoms. The number of nitrogens with zero attached hydrogens (tertiary/aromatic N) is 2. The zero-order chi connectivity index (χ0) is 22.0. The highest BCUT2D eigenvalue weighted by molar-refractivity contribution is 5.82. The first kappa shape index (κ1) is 22.6. The van der Waals surface area contributed by atoms with Crippen LogP contribution in [0.1, 0.15) is 100 Å². The summed E-state index contributed by atoms with van der Waals surface area (Å²) in [4.78, 5) is 2.53. The van der Waals surface area contributed by atoms with Gasteiger partial charge in [-0.25, -0.2) is 9.48 Å². The fourth-order valence-corrected chi connectivity index (χ4v) is 4.78. The van der Waals surface area contributed by atoms with Gasteiger partial charge >= 0.3 is 0 Å². The third kappa shape index (κ3) is 4.33. The molecule has 2 aromatic rings. The fraction of sp³-hybridized carbons (Fsp3) is 0.536. The number of benzene rings is 2. The van der Waals surface area contributed by atoms with Crippen LogP contribution in [-0.2, 0) is 6.42 Å². The normalized spacial score (nSPS) is 15.3. The molecule has 1 atom stereocenters. The quantitative estimate of drug-likeness (QED) is 0.432. The molecule has 0 bridgehead atoms. The maximum Gasteiger partial charge on any atom is 0.244 e. The summed E-state index contributed by atoms with van der Waals surface area (Å²) in [6, 6.07) is 11.7. The molecule has 2 nitrogen and oxygen atoms in total. The Hall–Kier alpha value is -2.09. The van der Waals surface area contributed by atoms with Gasteiger partial charge in [0.2, 0.25) is 6.34 Å². The van der Waals surface area contributed by atoms with E-state index in [1.54, 1.807) is 0 Å². The van der Waals surface area contributed by atoms with E-state index in [9.17, 15) is 0 Å². The Morgan fingerprint density at radius 3 is 2.20 bits per heavy atom. The van der Waals surface area contributed by atoms with Gasteiger partial charge in [0.25, 0.3) is 0 Å². The van der Waals surface area contributed by atoms with E-state index in [0.29, 0.717) is 17.8 Å². The lowest BCUT2D eigenvalue weighted by atomic mass is 9.90. The Balaban J connectivity index is 2.15. The Bertz CT molecular complexity index is 920. The van der Waals surface area contributed by atoms with Gasteiger partial charge in [-0.2, -0.15) is 0 Å². The van der Waals surface area contributed by atoms with Crippen molar-refractivity contribution in [3.05, 3.63) is 58.1 Å². The minimum absolute atomic E-state index is 0.517. The van der Waals surface area contributed by atoms with Crippen molar-refractivity contribution in [1.29, 1.82) is 0 Å². The van der Waals surface area contributed by atoms with Crippen molar-refractivity contribution in [3.8, 4) is 0 Å². The minimum Gasteiger partial charge on any atom is -0.229 e. The third-order valence-corrected chi connectivity index (χ3v) is 6.66. The summed E-state index contributed by atoms with van der Waals surface area (Å²) >= 11 is 0. The first-order valence-electron chi connectivity index (χ1n) is 11.9. The molecular formula is C28H41N2+. The highest BCUT2D eigenvalue weighted by atomic mass is 15.3. The molecule has 0 aliphatic carbocycles. The van der Waals surface area contributed by atoms with Crippen LogP contribution in [0.5, 0.6) is 0 Å². The summed E-state index contributed by atoms with van der Waals surface area (Å²) < 4.78 is 2.52. The molecule has 0 amide bonds. The predicted octanol–water partition coefficient (Wildman–Crippen LogP) is 7.51. The summed E-state index contributed by atoms with van der Waals surface area (Å²) in [5.41, 5.74) is 10.2. The van der Waals surface area contributed by atoms with Crippen LogP contribution < -0.4 is 4.90 Å². The molecule has 0 aromatic heterocycles. The van der Waals surface area contributed by atoms with Gasteiger partial charge in [0.1, 0.15) is 24.5 Å². The van der Waals surface area contributed by atoms with Gasteiger partial charge in [0, 0.05) is 16.7 Å². The van der Waals surface area contributed by atoms with Gasteiger partial charge in [-0.15, -0.1) is 0 Å². The molecule has 2 aromatic carbocycles. The first-order chi connectivity index (χ1) is 14.3. The van der Waals surface area contributed by atoms with Crippen LogP contribution in [0.2, 0.25) is 0 Å². The van der Waals surface area contributed by atoms with E-state index in [4.69, 9.17) is 0 Å². The summed E-state index contributed by atoms with van der Waals surface area (Å²) in [6.45, 7) is 20.5. The van der Waals surface area contributed by atoms with Crippen LogP contribution >= 0.6 is 0 Å². The van der Waals surface area contributed by atoms with Crippen LogP contribution in [-0.4, -0.2) is 24.0 Å². The molecule has 2 heteroatoms. The third-order valence-electron chi connectivity index (χ3n) is 6.66. The van der Waals surface area contributed by atoms with Crippen LogP contribution in [0.4, 0.5) is 11.4 Å². The molecule has 0 fully saturated rings. The molecule has 1 heterocycles. The minimum atomic E-state index is 0.517. The average Bonchev–Trinajstić information content (AvgIpc) is 3.21. The highest BCUT2D eigenvalue weighted by Gasteiger charge is 2.31. The lowest BCUT2D eigenvalue weighted by Crippen LogP contribution is -2.22. The molecule has 0 N–H and O–H groups in total. The summed E-state index contributed by atoms with van der Waals surface area (Å²) in [6.07, 6.45) is 4.63. The van der Waals surface area contributed by atoms with Crippen molar-refractivity contribution in [2.24, 2.45) is 0 Å². The van der Waals surface area contributed by atoms with E-state index in [1.165, 1.54) is 45.6 Å². The Labute approximate surface area is 184 Å². The Morgan fingerprint density at radius 1 is 0.933 bits per heavy atom. The smallest absolute Gasteiger partial charge is 0.229 e. The lowest BCUT2D eigenvalue weighted by Gasteiger charge is -2.21. The van der Waals surface area contributed by atoms with Gasteiger partial charge in [-0.05, 0) is 43.1 Å². The molecule has 162 valence electrons. The summed E-state index contributed by atoms with van der Waals surface area (Å²) in [5.74, 6) is 1.60. The number of anilines is 1. The van der Waals surface area contributed by atoms with E-state index in [0.717, 1.165) is 19.5 Å². The molecule has 3 rings (SSSR count). The number of rotatable bonds is 7. The topological polar surface area (TPSA) is 6.25 Å². The van der Waals surface area contributed by atoms with E-state index >= 15 is 0 Å². The number of hydrogen-bond donors (Lipinski definition) is 0. The molecular weight excluding hydrogens is 364 g/mol. The second kappa shape index (κ2) is 9.37. The van der Waals surface area contributed by atoms with Gasteiger partial charge in [0.15, 0.2) is 0 Å². The number of hydrogen-bond acceptors (Lipinski definition) is 1. The average molecular weight is 406 g/mol. The molecule has 1 aliphatic heterocycles. The van der Waals surface area contributed by atoms with Crippen molar-refractivity contribution >= 4 is 17.7 Å². The van der Waals surface area contributed by atoms with Crippen LogP contribution in [0, 0.1) is 6.92 Å². The molecule has 0 saturated heterocycles. The maximum atomic E-state index is 2.53. The van der Waals surface area contributed by atoms with Crippen molar-refractivity contribution in [3.63, 3.8) is 0 Å². The zero-order valence-electron chi connectivity index (χ0n) is 20.4. The molecule has 0 saturated carbocycles. The van der Waals surface area contributed by atoms with Crippen LogP contribution in [0.15, 0.2) is 30.3 Å². The van der Waals surface area contributed by atoms with Crippen molar-refractivity contribution in [2.75, 3.05) is 18.0 Å². The molecule has 0 radical (unpaired) electrons. The van der Waals surface area contributed by atoms with Gasteiger partial charge < -0.3 is 0 Å². The number of aryl methyl sites for hydroxylation is 2.